The highest BCUT2D eigenvalue weighted by molar-refractivity contribution is 6.75. The molecule has 2 rings (SSSR count). The lowest BCUT2D eigenvalue weighted by Crippen LogP contribution is -2.47. The van der Waals surface area contributed by atoms with Crippen LogP contribution in [0.4, 0.5) is 0 Å². The quantitative estimate of drug-likeness (QED) is 0.385. The summed E-state index contributed by atoms with van der Waals surface area (Å²) in [6, 6.07) is 14.7. The highest BCUT2D eigenvalue weighted by Crippen LogP contribution is 2.38. The second kappa shape index (κ2) is 10.3. The zero-order valence-electron chi connectivity index (χ0n) is 22.6. The van der Waals surface area contributed by atoms with Crippen LogP contribution in [-0.2, 0) is 15.6 Å². The number of hydrogen-bond acceptors (Lipinski definition) is 5. The van der Waals surface area contributed by atoms with E-state index < -0.39 is 22.7 Å². The lowest BCUT2D eigenvalue weighted by atomic mass is 10.1. The van der Waals surface area contributed by atoms with E-state index in [1.54, 1.807) is 0 Å². The van der Waals surface area contributed by atoms with Crippen LogP contribution in [0.3, 0.4) is 0 Å². The first-order valence-corrected chi connectivity index (χ1v) is 17.8. The Kier molecular flexibility index (Phi) is 8.49. The molecular weight excluding hydrogens is 458 g/mol. The summed E-state index contributed by atoms with van der Waals surface area (Å²) in [5.74, 6) is 2.00. The van der Waals surface area contributed by atoms with Crippen molar-refractivity contribution >= 4 is 22.6 Å². The summed E-state index contributed by atoms with van der Waals surface area (Å²) in [5.41, 5.74) is 7.12. The number of ether oxygens (including phenoxy) is 1. The number of rotatable bonds is 8. The second-order valence-electron chi connectivity index (χ2n) is 12.1. The molecule has 1 atom stereocenters. The van der Waals surface area contributed by atoms with E-state index in [0.717, 1.165) is 22.8 Å². The Hall–Kier alpha value is -2.10. The smallest absolute Gasteiger partial charge is 0.309 e. The number of hydrogen-bond donors (Lipinski definition) is 1. The molecule has 0 aliphatic heterocycles. The first-order valence-electron chi connectivity index (χ1n) is 12.0. The van der Waals surface area contributed by atoms with Gasteiger partial charge in [0.15, 0.2) is 0 Å². The Balaban J connectivity index is 1.95. The first kappa shape index (κ1) is 28.1. The maximum absolute atomic E-state index is 12.5. The summed E-state index contributed by atoms with van der Waals surface area (Å²) in [6.45, 7) is 21.6. The van der Waals surface area contributed by atoms with Gasteiger partial charge in [-0.1, -0.05) is 53.7 Å². The molecule has 5 nitrogen and oxygen atoms in total. The summed E-state index contributed by atoms with van der Waals surface area (Å²) in [6.07, 6.45) is 0.424. The third kappa shape index (κ3) is 7.45. The Labute approximate surface area is 208 Å². The van der Waals surface area contributed by atoms with Gasteiger partial charge in [0.1, 0.15) is 23.3 Å². The Morgan fingerprint density at radius 3 is 1.62 bits per heavy atom. The molecule has 0 saturated heterocycles. The highest BCUT2D eigenvalue weighted by atomic mass is 28.4. The van der Waals surface area contributed by atoms with E-state index in [1.165, 1.54) is 0 Å². The van der Waals surface area contributed by atoms with Crippen LogP contribution in [0.1, 0.15) is 47.1 Å². The van der Waals surface area contributed by atoms with Crippen molar-refractivity contribution in [2.75, 3.05) is 0 Å². The third-order valence-electron chi connectivity index (χ3n) is 7.08. The number of benzene rings is 2. The van der Waals surface area contributed by atoms with E-state index in [0.29, 0.717) is 6.42 Å². The van der Waals surface area contributed by atoms with E-state index in [1.807, 2.05) is 48.5 Å². The van der Waals surface area contributed by atoms with E-state index >= 15 is 0 Å². The van der Waals surface area contributed by atoms with Crippen molar-refractivity contribution in [3.05, 3.63) is 54.1 Å². The van der Waals surface area contributed by atoms with Gasteiger partial charge in [-0.15, -0.1) is 0 Å². The Bertz CT molecular complexity index is 956. The second-order valence-corrected chi connectivity index (χ2v) is 21.5. The van der Waals surface area contributed by atoms with Gasteiger partial charge in [-0.3, -0.25) is 4.79 Å². The molecule has 2 N–H and O–H groups in total. The van der Waals surface area contributed by atoms with Crippen molar-refractivity contribution in [1.82, 2.24) is 0 Å². The molecule has 2 aromatic carbocycles. The van der Waals surface area contributed by atoms with Crippen LogP contribution < -0.4 is 14.9 Å². The van der Waals surface area contributed by atoms with Crippen LogP contribution in [-0.4, -0.2) is 28.6 Å². The molecule has 0 aliphatic carbocycles. The monoisotopic (exact) mass is 501 g/mol. The topological polar surface area (TPSA) is 70.8 Å². The Morgan fingerprint density at radius 1 is 0.765 bits per heavy atom. The van der Waals surface area contributed by atoms with Gasteiger partial charge in [0, 0.05) is 0 Å². The number of nitrogens with two attached hydrogens (primary N) is 1. The van der Waals surface area contributed by atoms with Crippen LogP contribution in [0, 0.1) is 0 Å². The number of carbonyl (C=O) groups excluding carboxylic acids is 1. The minimum absolute atomic E-state index is 0.0452. The third-order valence-corrected chi connectivity index (χ3v) is 15.8. The molecule has 34 heavy (non-hydrogen) atoms. The van der Waals surface area contributed by atoms with E-state index in [-0.39, 0.29) is 16.0 Å². The summed E-state index contributed by atoms with van der Waals surface area (Å²) in [5, 5.41) is 0.102. The number of carbonyl (C=O) groups is 1. The molecule has 188 valence electrons. The average molecular weight is 502 g/mol. The molecule has 0 aliphatic rings. The van der Waals surface area contributed by atoms with Gasteiger partial charge in [0.05, 0.1) is 0 Å². The van der Waals surface area contributed by atoms with E-state index in [2.05, 4.69) is 67.7 Å². The largest absolute Gasteiger partial charge is 0.543 e. The molecule has 0 bridgehead atoms. The lowest BCUT2D eigenvalue weighted by Gasteiger charge is -2.36. The molecule has 0 spiro atoms. The molecule has 0 aromatic heterocycles. The average Bonchev–Trinajstić information content (AvgIpc) is 2.68. The fraction of sp³-hybridized carbons (Fsp3) is 0.519. The van der Waals surface area contributed by atoms with Gasteiger partial charge >= 0.3 is 5.97 Å². The zero-order valence-corrected chi connectivity index (χ0v) is 24.6. The van der Waals surface area contributed by atoms with Gasteiger partial charge in [-0.25, -0.2) is 0 Å². The minimum Gasteiger partial charge on any atom is -0.543 e. The van der Waals surface area contributed by atoms with Crippen molar-refractivity contribution < 1.29 is 18.4 Å². The van der Waals surface area contributed by atoms with Crippen LogP contribution in [0.15, 0.2) is 48.5 Å². The minimum atomic E-state index is -2.18. The van der Waals surface area contributed by atoms with Gasteiger partial charge in [-0.05, 0) is 84.6 Å². The van der Waals surface area contributed by atoms with Crippen molar-refractivity contribution in [3.63, 3.8) is 0 Å². The molecule has 0 heterocycles. The lowest BCUT2D eigenvalue weighted by molar-refractivity contribution is -0.136. The van der Waals surface area contributed by atoms with Crippen molar-refractivity contribution in [3.8, 4) is 17.2 Å². The molecular formula is C27H43NO4Si2. The highest BCUT2D eigenvalue weighted by Gasteiger charge is 2.41. The molecule has 0 radical (unpaired) electrons. The van der Waals surface area contributed by atoms with E-state index in [9.17, 15) is 4.79 Å². The predicted octanol–water partition coefficient (Wildman–Crippen LogP) is 7.28. The van der Waals surface area contributed by atoms with Gasteiger partial charge < -0.3 is 19.3 Å². The fourth-order valence-corrected chi connectivity index (χ4v) is 4.66. The molecule has 0 amide bonds. The summed E-state index contributed by atoms with van der Waals surface area (Å²) in [4.78, 5) is 12.5. The zero-order chi connectivity index (χ0) is 25.9. The molecule has 7 heteroatoms. The maximum Gasteiger partial charge on any atom is 0.309 e. The SMILES string of the molecule is CC(C)(C)[Si](C)(C)OC(=O)C(N)Cc1ccc(Oc2ccc(O[Si](C)(C)C(C)(C)C)cc2)cc1. The standard InChI is InChI=1S/C27H43NO4Si2/c1-26(2,3)33(7,8)31-23-17-15-22(16-18-23)30-21-13-11-20(12-14-21)19-24(28)25(29)32-34(9,10)27(4,5)6/h11-18,24H,19,28H2,1-10H3. The molecule has 1 unspecified atom stereocenters. The predicted molar refractivity (Wildman–Crippen MR) is 146 cm³/mol. The van der Waals surface area contributed by atoms with Crippen LogP contribution in [0.2, 0.25) is 36.3 Å². The Morgan fingerprint density at radius 2 is 1.18 bits per heavy atom. The van der Waals surface area contributed by atoms with Crippen LogP contribution in [0.25, 0.3) is 0 Å². The summed E-state index contributed by atoms with van der Waals surface area (Å²) >= 11 is 0. The van der Waals surface area contributed by atoms with Crippen LogP contribution in [0.5, 0.6) is 17.2 Å². The van der Waals surface area contributed by atoms with Crippen molar-refractivity contribution in [1.29, 1.82) is 0 Å². The molecule has 0 fully saturated rings. The van der Waals surface area contributed by atoms with Crippen molar-refractivity contribution in [2.24, 2.45) is 5.73 Å². The maximum atomic E-state index is 12.5. The van der Waals surface area contributed by atoms with E-state index in [4.69, 9.17) is 19.3 Å². The van der Waals surface area contributed by atoms with Gasteiger partial charge in [0.2, 0.25) is 8.32 Å². The normalized spacial score (nSPS) is 13.9. The van der Waals surface area contributed by atoms with Gasteiger partial charge in [0.25, 0.3) is 8.32 Å². The van der Waals surface area contributed by atoms with Gasteiger partial charge in [-0.2, -0.15) is 0 Å². The molecule has 0 saturated carbocycles. The summed E-state index contributed by atoms with van der Waals surface area (Å²) < 4.78 is 18.1. The first-order chi connectivity index (χ1) is 15.4. The fourth-order valence-electron chi connectivity index (χ4n) is 2.67. The van der Waals surface area contributed by atoms with Crippen molar-refractivity contribution in [2.45, 2.75) is 90.3 Å². The summed E-state index contributed by atoms with van der Waals surface area (Å²) in [7, 11) is -4.05. The molecule has 2 aromatic rings. The van der Waals surface area contributed by atoms with Crippen LogP contribution >= 0.6 is 0 Å².